The van der Waals surface area contributed by atoms with Crippen LogP contribution in [0.15, 0.2) is 89.3 Å². The van der Waals surface area contributed by atoms with Crippen molar-refractivity contribution in [2.45, 2.75) is 0 Å². The van der Waals surface area contributed by atoms with Crippen LogP contribution in [0, 0.1) is 5.82 Å². The van der Waals surface area contributed by atoms with Crippen molar-refractivity contribution in [2.24, 2.45) is 0 Å². The number of benzene rings is 5. The second kappa shape index (κ2) is 9.88. The standard InChI is InChI=1S/C33H20FN3O7/c34-18-13-11-17(12-14-18)32-35-31(16-9-5-2-6-10-16)36-33(37-32)22-26(41)25(40)21-20-23(38)19(15-7-3-1-4-8-15)24(39)28(43)30(20)44-29(21)27(22)42/h1-14,38-43H. The molecule has 7 rings (SSSR count). The number of aromatic hydroxyl groups is 6. The molecule has 2 heterocycles. The van der Waals surface area contributed by atoms with Crippen molar-refractivity contribution in [2.75, 3.05) is 0 Å². The first-order chi connectivity index (χ1) is 21.2. The Morgan fingerprint density at radius 2 is 0.909 bits per heavy atom. The number of halogens is 1. The van der Waals surface area contributed by atoms with Gasteiger partial charge in [-0.15, -0.1) is 0 Å². The molecule has 11 heteroatoms. The Kier molecular flexibility index (Phi) is 5.96. The molecule has 0 radical (unpaired) electrons. The van der Waals surface area contributed by atoms with E-state index in [1.54, 1.807) is 60.7 Å². The fourth-order valence-corrected chi connectivity index (χ4v) is 5.16. The van der Waals surface area contributed by atoms with Crippen molar-refractivity contribution < 1.29 is 39.4 Å². The second-order valence-corrected chi connectivity index (χ2v) is 9.90. The highest BCUT2D eigenvalue weighted by Crippen LogP contribution is 2.58. The normalized spacial score (nSPS) is 11.4. The number of rotatable bonds is 4. The first kappa shape index (κ1) is 26.5. The van der Waals surface area contributed by atoms with Gasteiger partial charge in [-0.25, -0.2) is 19.3 Å². The van der Waals surface area contributed by atoms with E-state index in [0.29, 0.717) is 16.7 Å². The molecule has 0 saturated heterocycles. The van der Waals surface area contributed by atoms with Crippen LogP contribution in [0.1, 0.15) is 0 Å². The van der Waals surface area contributed by atoms with Crippen LogP contribution < -0.4 is 0 Å². The van der Waals surface area contributed by atoms with Crippen LogP contribution in [-0.2, 0) is 0 Å². The summed E-state index contributed by atoms with van der Waals surface area (Å²) in [5.74, 6) is -4.99. The lowest BCUT2D eigenvalue weighted by molar-refractivity contribution is 0.396. The van der Waals surface area contributed by atoms with E-state index < -0.39 is 57.0 Å². The number of hydrogen-bond acceptors (Lipinski definition) is 10. The lowest BCUT2D eigenvalue weighted by Gasteiger charge is -2.12. The molecule has 0 bridgehead atoms. The molecule has 0 aliphatic heterocycles. The average molecular weight is 590 g/mol. The molecular weight excluding hydrogens is 569 g/mol. The molecule has 6 N–H and O–H groups in total. The molecule has 216 valence electrons. The highest BCUT2D eigenvalue weighted by Gasteiger charge is 2.32. The predicted molar refractivity (Wildman–Crippen MR) is 159 cm³/mol. The van der Waals surface area contributed by atoms with E-state index in [4.69, 9.17) is 4.42 Å². The number of phenols is 6. The summed E-state index contributed by atoms with van der Waals surface area (Å²) in [6.07, 6.45) is 0. The molecule has 44 heavy (non-hydrogen) atoms. The Bertz CT molecular complexity index is 2240. The maximum atomic E-state index is 13.7. The maximum absolute atomic E-state index is 13.7. The van der Waals surface area contributed by atoms with Gasteiger partial charge < -0.3 is 35.1 Å². The Hall–Kier alpha value is -6.36. The van der Waals surface area contributed by atoms with Gasteiger partial charge in [-0.2, -0.15) is 0 Å². The van der Waals surface area contributed by atoms with E-state index in [2.05, 4.69) is 15.0 Å². The minimum Gasteiger partial charge on any atom is -0.506 e. The first-order valence-corrected chi connectivity index (χ1v) is 13.2. The van der Waals surface area contributed by atoms with Gasteiger partial charge in [0, 0.05) is 11.1 Å². The molecule has 2 aromatic heterocycles. The number of phenolic OH excluding ortho intramolecular Hbond substituents is 6. The third-order valence-corrected chi connectivity index (χ3v) is 7.26. The van der Waals surface area contributed by atoms with E-state index in [1.165, 1.54) is 24.3 Å². The van der Waals surface area contributed by atoms with Gasteiger partial charge in [0.25, 0.3) is 0 Å². The van der Waals surface area contributed by atoms with E-state index in [9.17, 15) is 35.0 Å². The minimum atomic E-state index is -0.860. The smallest absolute Gasteiger partial charge is 0.202 e. The van der Waals surface area contributed by atoms with Crippen LogP contribution in [0.25, 0.3) is 67.2 Å². The molecule has 0 unspecified atom stereocenters. The topological polar surface area (TPSA) is 173 Å². The number of hydrogen-bond donors (Lipinski definition) is 6. The van der Waals surface area contributed by atoms with E-state index in [1.807, 2.05) is 0 Å². The fraction of sp³-hybridized carbons (Fsp3) is 0. The molecule has 5 aromatic carbocycles. The molecule has 10 nitrogen and oxygen atoms in total. The van der Waals surface area contributed by atoms with Crippen LogP contribution in [0.5, 0.6) is 34.5 Å². The summed E-state index contributed by atoms with van der Waals surface area (Å²) in [6.45, 7) is 0. The number of aromatic nitrogens is 3. The van der Waals surface area contributed by atoms with E-state index in [0.717, 1.165) is 0 Å². The van der Waals surface area contributed by atoms with Gasteiger partial charge in [0.05, 0.1) is 16.3 Å². The zero-order valence-electron chi connectivity index (χ0n) is 22.4. The number of fused-ring (bicyclic) bond motifs is 3. The van der Waals surface area contributed by atoms with Crippen molar-refractivity contribution in [3.8, 4) is 79.8 Å². The number of furan rings is 1. The van der Waals surface area contributed by atoms with Crippen molar-refractivity contribution in [1.29, 1.82) is 0 Å². The molecule has 0 spiro atoms. The summed E-state index contributed by atoms with van der Waals surface area (Å²) >= 11 is 0. The average Bonchev–Trinajstić information content (AvgIpc) is 3.46. The van der Waals surface area contributed by atoms with Crippen LogP contribution in [-0.4, -0.2) is 45.6 Å². The lowest BCUT2D eigenvalue weighted by atomic mass is 9.98. The van der Waals surface area contributed by atoms with Crippen LogP contribution in [0.2, 0.25) is 0 Å². The molecule has 0 aliphatic carbocycles. The Labute approximate surface area is 246 Å². The van der Waals surface area contributed by atoms with Gasteiger partial charge in [-0.05, 0) is 29.8 Å². The van der Waals surface area contributed by atoms with Crippen molar-refractivity contribution >= 4 is 21.9 Å². The largest absolute Gasteiger partial charge is 0.506 e. The predicted octanol–water partition coefficient (Wildman–Crippen LogP) is 6.81. The van der Waals surface area contributed by atoms with E-state index >= 15 is 0 Å². The van der Waals surface area contributed by atoms with Gasteiger partial charge in [0.1, 0.15) is 17.1 Å². The van der Waals surface area contributed by atoms with Gasteiger partial charge in [-0.1, -0.05) is 60.7 Å². The first-order valence-electron chi connectivity index (χ1n) is 13.2. The lowest BCUT2D eigenvalue weighted by Crippen LogP contribution is -2.00. The highest BCUT2D eigenvalue weighted by molar-refractivity contribution is 6.19. The Balaban J connectivity index is 1.53. The van der Waals surface area contributed by atoms with Crippen molar-refractivity contribution in [3.05, 3.63) is 90.7 Å². The van der Waals surface area contributed by atoms with Crippen LogP contribution >= 0.6 is 0 Å². The zero-order valence-corrected chi connectivity index (χ0v) is 22.4. The molecular formula is C33H20FN3O7. The van der Waals surface area contributed by atoms with E-state index in [-0.39, 0.29) is 33.8 Å². The Morgan fingerprint density at radius 1 is 0.432 bits per heavy atom. The highest BCUT2D eigenvalue weighted by atomic mass is 19.1. The summed E-state index contributed by atoms with van der Waals surface area (Å²) in [5, 5.41) is 66.3. The summed E-state index contributed by atoms with van der Waals surface area (Å²) in [6, 6.07) is 22.3. The quantitative estimate of drug-likeness (QED) is 0.0945. The number of nitrogens with zero attached hydrogens (tertiary/aromatic N) is 3. The van der Waals surface area contributed by atoms with Gasteiger partial charge in [0.2, 0.25) is 5.75 Å². The second-order valence-electron chi connectivity index (χ2n) is 9.90. The summed E-state index contributed by atoms with van der Waals surface area (Å²) in [4.78, 5) is 13.3. The molecule has 0 aliphatic rings. The third-order valence-electron chi connectivity index (χ3n) is 7.26. The molecule has 0 fully saturated rings. The minimum absolute atomic E-state index is 0.0737. The fourth-order valence-electron chi connectivity index (χ4n) is 5.16. The monoisotopic (exact) mass is 589 g/mol. The maximum Gasteiger partial charge on any atom is 0.202 e. The molecule has 0 atom stereocenters. The summed E-state index contributed by atoms with van der Waals surface area (Å²) in [5.41, 5.74) is -0.191. The molecule has 7 aromatic rings. The zero-order chi connectivity index (χ0) is 30.7. The van der Waals surface area contributed by atoms with Crippen LogP contribution in [0.3, 0.4) is 0 Å². The molecule has 0 saturated carbocycles. The van der Waals surface area contributed by atoms with Crippen molar-refractivity contribution in [3.63, 3.8) is 0 Å². The Morgan fingerprint density at radius 3 is 1.52 bits per heavy atom. The molecule has 0 amide bonds. The van der Waals surface area contributed by atoms with Crippen molar-refractivity contribution in [1.82, 2.24) is 15.0 Å². The van der Waals surface area contributed by atoms with Crippen LogP contribution in [0.4, 0.5) is 4.39 Å². The SMILES string of the molecule is Oc1c(-c2ccccc2)c(O)c2c(oc3c(O)c(-c4nc(-c5ccccc5)nc(-c5ccc(F)cc5)n4)c(O)c(O)c32)c1O. The summed E-state index contributed by atoms with van der Waals surface area (Å²) < 4.78 is 19.4. The van der Waals surface area contributed by atoms with Gasteiger partial charge >= 0.3 is 0 Å². The third kappa shape index (κ3) is 3.98. The summed E-state index contributed by atoms with van der Waals surface area (Å²) in [7, 11) is 0. The van der Waals surface area contributed by atoms with Gasteiger partial charge in [0.15, 0.2) is 51.6 Å². The van der Waals surface area contributed by atoms with Gasteiger partial charge in [-0.3, -0.25) is 0 Å².